The van der Waals surface area contributed by atoms with Crippen molar-refractivity contribution < 1.29 is 18.8 Å². The van der Waals surface area contributed by atoms with Crippen LogP contribution in [0.3, 0.4) is 0 Å². The SMILES string of the molecule is CC1CCC(COc2ccc([N+](=O)[O-])c(F)c2)O1. The Morgan fingerprint density at radius 1 is 1.56 bits per heavy atom. The first kappa shape index (κ1) is 12.8. The van der Waals surface area contributed by atoms with Crippen LogP contribution in [0.1, 0.15) is 19.8 Å². The van der Waals surface area contributed by atoms with Crippen molar-refractivity contribution >= 4 is 5.69 Å². The zero-order valence-corrected chi connectivity index (χ0v) is 9.97. The van der Waals surface area contributed by atoms with Crippen molar-refractivity contribution in [1.29, 1.82) is 0 Å². The zero-order valence-electron chi connectivity index (χ0n) is 9.97. The number of ether oxygens (including phenoxy) is 2. The highest BCUT2D eigenvalue weighted by molar-refractivity contribution is 5.37. The average molecular weight is 255 g/mol. The van der Waals surface area contributed by atoms with Gasteiger partial charge in [-0.1, -0.05) is 0 Å². The molecule has 1 aromatic carbocycles. The molecule has 1 aliphatic rings. The first-order valence-electron chi connectivity index (χ1n) is 5.78. The number of nitrogens with zero attached hydrogens (tertiary/aromatic N) is 1. The summed E-state index contributed by atoms with van der Waals surface area (Å²) in [6.45, 7) is 2.33. The smallest absolute Gasteiger partial charge is 0.305 e. The van der Waals surface area contributed by atoms with Crippen LogP contribution >= 0.6 is 0 Å². The van der Waals surface area contributed by atoms with Gasteiger partial charge < -0.3 is 9.47 Å². The molecule has 0 bridgehead atoms. The van der Waals surface area contributed by atoms with E-state index in [0.717, 1.165) is 25.0 Å². The third kappa shape index (κ3) is 2.95. The molecule has 1 fully saturated rings. The van der Waals surface area contributed by atoms with E-state index in [1.54, 1.807) is 0 Å². The lowest BCUT2D eigenvalue weighted by Gasteiger charge is -2.12. The predicted molar refractivity (Wildman–Crippen MR) is 62.1 cm³/mol. The molecule has 0 saturated carbocycles. The quantitative estimate of drug-likeness (QED) is 0.613. The van der Waals surface area contributed by atoms with Crippen LogP contribution in [-0.4, -0.2) is 23.7 Å². The molecule has 0 radical (unpaired) electrons. The fourth-order valence-corrected chi connectivity index (χ4v) is 1.92. The average Bonchev–Trinajstić information content (AvgIpc) is 2.72. The molecule has 98 valence electrons. The number of hydrogen-bond acceptors (Lipinski definition) is 4. The molecule has 1 aliphatic heterocycles. The summed E-state index contributed by atoms with van der Waals surface area (Å²) in [5, 5.41) is 10.4. The molecule has 18 heavy (non-hydrogen) atoms. The van der Waals surface area contributed by atoms with Crippen LogP contribution in [0.4, 0.5) is 10.1 Å². The van der Waals surface area contributed by atoms with Gasteiger partial charge in [-0.3, -0.25) is 10.1 Å². The van der Waals surface area contributed by atoms with Gasteiger partial charge in [-0.05, 0) is 25.8 Å². The summed E-state index contributed by atoms with van der Waals surface area (Å²) in [5.41, 5.74) is -0.548. The van der Waals surface area contributed by atoms with E-state index in [1.165, 1.54) is 6.07 Å². The maximum atomic E-state index is 13.3. The van der Waals surface area contributed by atoms with Crippen LogP contribution in [0.25, 0.3) is 0 Å². The normalized spacial score (nSPS) is 23.0. The number of benzene rings is 1. The summed E-state index contributed by atoms with van der Waals surface area (Å²) in [7, 11) is 0. The third-order valence-electron chi connectivity index (χ3n) is 2.87. The first-order valence-corrected chi connectivity index (χ1v) is 5.78. The second-order valence-electron chi connectivity index (χ2n) is 4.33. The van der Waals surface area contributed by atoms with E-state index in [9.17, 15) is 14.5 Å². The molecular formula is C12H14FNO4. The second kappa shape index (κ2) is 5.30. The Bertz CT molecular complexity index is 452. The summed E-state index contributed by atoms with van der Waals surface area (Å²) < 4.78 is 24.2. The van der Waals surface area contributed by atoms with Gasteiger partial charge in [0.2, 0.25) is 5.82 Å². The van der Waals surface area contributed by atoms with Gasteiger partial charge in [0, 0.05) is 12.1 Å². The van der Waals surface area contributed by atoms with Gasteiger partial charge in [0.25, 0.3) is 0 Å². The van der Waals surface area contributed by atoms with Crippen molar-refractivity contribution in [3.05, 3.63) is 34.1 Å². The van der Waals surface area contributed by atoms with E-state index in [4.69, 9.17) is 9.47 Å². The molecule has 6 heteroatoms. The van der Waals surface area contributed by atoms with Crippen LogP contribution in [0.15, 0.2) is 18.2 Å². The van der Waals surface area contributed by atoms with E-state index in [1.807, 2.05) is 6.92 Å². The fraction of sp³-hybridized carbons (Fsp3) is 0.500. The third-order valence-corrected chi connectivity index (χ3v) is 2.87. The maximum absolute atomic E-state index is 13.3. The summed E-state index contributed by atoms with van der Waals surface area (Å²) in [6.07, 6.45) is 2.14. The van der Waals surface area contributed by atoms with E-state index in [0.29, 0.717) is 6.61 Å². The molecular weight excluding hydrogens is 241 g/mol. The number of nitro benzene ring substituents is 1. The topological polar surface area (TPSA) is 61.6 Å². The van der Waals surface area contributed by atoms with Crippen molar-refractivity contribution in [2.45, 2.75) is 32.0 Å². The Morgan fingerprint density at radius 2 is 2.33 bits per heavy atom. The van der Waals surface area contributed by atoms with Crippen LogP contribution in [0, 0.1) is 15.9 Å². The van der Waals surface area contributed by atoms with E-state index >= 15 is 0 Å². The van der Waals surface area contributed by atoms with Crippen molar-refractivity contribution in [2.75, 3.05) is 6.61 Å². The highest BCUT2D eigenvalue weighted by Crippen LogP contribution is 2.24. The number of rotatable bonds is 4. The minimum atomic E-state index is -0.891. The summed E-state index contributed by atoms with van der Waals surface area (Å²) >= 11 is 0. The van der Waals surface area contributed by atoms with Crippen LogP contribution < -0.4 is 4.74 Å². The zero-order chi connectivity index (χ0) is 13.1. The largest absolute Gasteiger partial charge is 0.491 e. The van der Waals surface area contributed by atoms with Crippen molar-refractivity contribution in [3.63, 3.8) is 0 Å². The summed E-state index contributed by atoms with van der Waals surface area (Å²) in [4.78, 5) is 9.68. The molecule has 0 N–H and O–H groups in total. The molecule has 2 rings (SSSR count). The summed E-state index contributed by atoms with van der Waals surface area (Å²) in [6, 6.07) is 3.51. The van der Waals surface area contributed by atoms with Crippen LogP contribution in [-0.2, 0) is 4.74 Å². The monoisotopic (exact) mass is 255 g/mol. The van der Waals surface area contributed by atoms with E-state index in [-0.39, 0.29) is 18.0 Å². The molecule has 5 nitrogen and oxygen atoms in total. The van der Waals surface area contributed by atoms with Crippen molar-refractivity contribution in [2.24, 2.45) is 0 Å². The molecule has 0 aliphatic carbocycles. The molecule has 0 spiro atoms. The molecule has 2 unspecified atom stereocenters. The van der Waals surface area contributed by atoms with Gasteiger partial charge >= 0.3 is 5.69 Å². The Labute approximate surface area is 104 Å². The van der Waals surface area contributed by atoms with Gasteiger partial charge in [0.15, 0.2) is 0 Å². The maximum Gasteiger partial charge on any atom is 0.305 e. The van der Waals surface area contributed by atoms with Crippen LogP contribution in [0.5, 0.6) is 5.75 Å². The Kier molecular flexibility index (Phi) is 3.76. The van der Waals surface area contributed by atoms with Crippen molar-refractivity contribution in [3.8, 4) is 5.75 Å². The minimum absolute atomic E-state index is 0.0123. The number of nitro groups is 1. The number of halogens is 1. The highest BCUT2D eigenvalue weighted by Gasteiger charge is 2.22. The van der Waals surface area contributed by atoms with Gasteiger partial charge in [0.05, 0.1) is 17.1 Å². The predicted octanol–water partition coefficient (Wildman–Crippen LogP) is 2.68. The Morgan fingerprint density at radius 3 is 2.89 bits per heavy atom. The summed E-state index contributed by atoms with van der Waals surface area (Å²) in [5.74, 6) is -0.612. The molecule has 1 heterocycles. The van der Waals surface area contributed by atoms with Gasteiger partial charge in [-0.25, -0.2) is 0 Å². The highest BCUT2D eigenvalue weighted by atomic mass is 19.1. The van der Waals surface area contributed by atoms with Gasteiger partial charge in [-0.2, -0.15) is 4.39 Å². The second-order valence-corrected chi connectivity index (χ2v) is 4.33. The molecule has 2 atom stereocenters. The van der Waals surface area contributed by atoms with Gasteiger partial charge in [-0.15, -0.1) is 0 Å². The van der Waals surface area contributed by atoms with Crippen LogP contribution in [0.2, 0.25) is 0 Å². The van der Waals surface area contributed by atoms with Gasteiger partial charge in [0.1, 0.15) is 12.4 Å². The lowest BCUT2D eigenvalue weighted by molar-refractivity contribution is -0.387. The molecule has 0 aromatic heterocycles. The lowest BCUT2D eigenvalue weighted by atomic mass is 10.2. The lowest BCUT2D eigenvalue weighted by Crippen LogP contribution is -2.17. The Balaban J connectivity index is 1.94. The standard InChI is InChI=1S/C12H14FNO4/c1-8-2-3-10(18-8)7-17-9-4-5-12(14(15)16)11(13)6-9/h4-6,8,10H,2-3,7H2,1H3. The van der Waals surface area contributed by atoms with Crippen molar-refractivity contribution in [1.82, 2.24) is 0 Å². The molecule has 1 saturated heterocycles. The van der Waals surface area contributed by atoms with E-state index in [2.05, 4.69) is 0 Å². The first-order chi connectivity index (χ1) is 8.56. The number of hydrogen-bond donors (Lipinski definition) is 0. The fourth-order valence-electron chi connectivity index (χ4n) is 1.92. The molecule has 1 aromatic rings. The minimum Gasteiger partial charge on any atom is -0.491 e. The van der Waals surface area contributed by atoms with E-state index < -0.39 is 16.4 Å². The Hall–Kier alpha value is -1.69. The molecule has 0 amide bonds.